The number of pyridine rings is 1. The van der Waals surface area contributed by atoms with E-state index < -0.39 is 27.3 Å². The normalized spacial score (nSPS) is 12.6. The molecule has 0 spiro atoms. The summed E-state index contributed by atoms with van der Waals surface area (Å²) in [5.41, 5.74) is 0.977. The second kappa shape index (κ2) is 7.70. The smallest absolute Gasteiger partial charge is 0.215 e. The fraction of sp³-hybridized carbons (Fsp3) is 0.227. The summed E-state index contributed by atoms with van der Waals surface area (Å²) < 4.78 is 34.8. The van der Waals surface area contributed by atoms with Gasteiger partial charge in [0, 0.05) is 17.7 Å². The molecule has 0 bridgehead atoms. The van der Waals surface area contributed by atoms with Crippen LogP contribution in [-0.2, 0) is 10.0 Å². The van der Waals surface area contributed by atoms with Gasteiger partial charge in [-0.2, -0.15) is 13.8 Å². The fourth-order valence-corrected chi connectivity index (χ4v) is 4.24. The summed E-state index contributed by atoms with van der Waals surface area (Å²) in [6.45, 7) is 6.36. The molecule has 0 aliphatic rings. The van der Waals surface area contributed by atoms with E-state index in [0.29, 0.717) is 5.56 Å². The summed E-state index contributed by atoms with van der Waals surface area (Å²) in [6.07, 6.45) is 0. The number of halogens is 2. The van der Waals surface area contributed by atoms with E-state index in [4.69, 9.17) is 4.43 Å². The van der Waals surface area contributed by atoms with Crippen molar-refractivity contribution in [3.63, 3.8) is 0 Å². The van der Waals surface area contributed by atoms with Gasteiger partial charge in [0.2, 0.25) is 11.9 Å². The van der Waals surface area contributed by atoms with Crippen LogP contribution in [-0.4, -0.2) is 14.7 Å². The number of nitrogens with zero attached hydrogens (tertiary/aromatic N) is 1. The third-order valence-corrected chi connectivity index (χ3v) is 5.70. The molecule has 0 N–H and O–H groups in total. The zero-order valence-corrected chi connectivity index (χ0v) is 17.2. The Hall–Kier alpha value is -2.37. The van der Waals surface area contributed by atoms with Crippen LogP contribution in [0.1, 0.15) is 37.5 Å². The zero-order chi connectivity index (χ0) is 19.5. The topological polar surface area (TPSA) is 22.1 Å². The largest absolute Gasteiger partial charge is 0.406 e. The first kappa shape index (κ1) is 19.4. The lowest BCUT2D eigenvalue weighted by Crippen LogP contribution is -2.36. The molecule has 2 nitrogen and oxygen atoms in total. The highest BCUT2D eigenvalue weighted by molar-refractivity contribution is 6.32. The Balaban J connectivity index is 2.31. The van der Waals surface area contributed by atoms with Crippen LogP contribution in [0.4, 0.5) is 8.78 Å². The highest BCUT2D eigenvalue weighted by atomic mass is 28.2. The lowest BCUT2D eigenvalue weighted by atomic mass is 9.81. The first-order valence-corrected chi connectivity index (χ1v) is 10.2. The van der Waals surface area contributed by atoms with E-state index in [1.807, 2.05) is 60.7 Å². The lowest BCUT2D eigenvalue weighted by Gasteiger charge is -2.38. The average Bonchev–Trinajstić information content (AvgIpc) is 2.62. The standard InChI is InChI=1S/C22H23F2NOSi/c1-21(2,3)27-26-22(16-10-6-4-7-11-16,17-12-8-5-9-13-17)18-14-19(23)25-20(24)15-18/h4-15H,27H2,1-3H3. The summed E-state index contributed by atoms with van der Waals surface area (Å²) in [5, 5.41) is -0.00106. The van der Waals surface area contributed by atoms with Crippen molar-refractivity contribution in [3.8, 4) is 0 Å². The predicted molar refractivity (Wildman–Crippen MR) is 106 cm³/mol. The molecule has 5 heteroatoms. The van der Waals surface area contributed by atoms with Crippen molar-refractivity contribution in [1.82, 2.24) is 4.98 Å². The van der Waals surface area contributed by atoms with Gasteiger partial charge < -0.3 is 4.43 Å². The maximum atomic E-state index is 14.1. The van der Waals surface area contributed by atoms with Gasteiger partial charge in [0.05, 0.1) is 0 Å². The summed E-state index contributed by atoms with van der Waals surface area (Å²) in [7, 11) is -1.08. The molecule has 1 heterocycles. The van der Waals surface area contributed by atoms with Crippen molar-refractivity contribution < 1.29 is 13.2 Å². The van der Waals surface area contributed by atoms with E-state index in [-0.39, 0.29) is 5.04 Å². The molecule has 3 aromatic rings. The number of aromatic nitrogens is 1. The Labute approximate surface area is 161 Å². The first-order chi connectivity index (χ1) is 12.8. The maximum Gasteiger partial charge on any atom is 0.215 e. The molecule has 0 aliphatic carbocycles. The number of benzene rings is 2. The summed E-state index contributed by atoms with van der Waals surface area (Å²) in [6, 6.07) is 21.7. The SMILES string of the molecule is CC(C)(C)[SiH2]OC(c1ccccc1)(c1ccccc1)c1cc(F)nc(F)c1. The van der Waals surface area contributed by atoms with Gasteiger partial charge in [-0.15, -0.1) is 0 Å². The van der Waals surface area contributed by atoms with E-state index in [1.54, 1.807) is 0 Å². The van der Waals surface area contributed by atoms with Crippen LogP contribution >= 0.6 is 0 Å². The van der Waals surface area contributed by atoms with Crippen molar-refractivity contribution >= 4 is 9.76 Å². The molecule has 0 fully saturated rings. The maximum absolute atomic E-state index is 14.1. The van der Waals surface area contributed by atoms with Gasteiger partial charge in [0.25, 0.3) is 0 Å². The van der Waals surface area contributed by atoms with Crippen molar-refractivity contribution in [2.24, 2.45) is 0 Å². The first-order valence-electron chi connectivity index (χ1n) is 8.90. The molecule has 0 aliphatic heterocycles. The van der Waals surface area contributed by atoms with Gasteiger partial charge in [0.15, 0.2) is 9.76 Å². The van der Waals surface area contributed by atoms with E-state index in [1.165, 1.54) is 12.1 Å². The third-order valence-electron chi connectivity index (χ3n) is 4.25. The Morgan fingerprint density at radius 2 is 1.19 bits per heavy atom. The third kappa shape index (κ3) is 4.31. The molecule has 27 heavy (non-hydrogen) atoms. The number of hydrogen-bond donors (Lipinski definition) is 0. The highest BCUT2D eigenvalue weighted by Gasteiger charge is 2.39. The van der Waals surface area contributed by atoms with Gasteiger partial charge in [-0.05, 0) is 16.2 Å². The molecule has 3 rings (SSSR count). The van der Waals surface area contributed by atoms with Crippen molar-refractivity contribution in [1.29, 1.82) is 0 Å². The zero-order valence-electron chi connectivity index (χ0n) is 15.7. The Kier molecular flexibility index (Phi) is 5.53. The minimum Gasteiger partial charge on any atom is -0.406 e. The van der Waals surface area contributed by atoms with Crippen LogP contribution in [0.25, 0.3) is 0 Å². The summed E-state index contributed by atoms with van der Waals surface area (Å²) in [5.74, 6) is -1.72. The minimum atomic E-state index is -1.09. The quantitative estimate of drug-likeness (QED) is 0.458. The fourth-order valence-electron chi connectivity index (χ4n) is 3.09. The Morgan fingerprint density at radius 3 is 1.59 bits per heavy atom. The van der Waals surface area contributed by atoms with Crippen LogP contribution in [0.3, 0.4) is 0 Å². The van der Waals surface area contributed by atoms with E-state index in [0.717, 1.165) is 11.1 Å². The number of rotatable bonds is 5. The van der Waals surface area contributed by atoms with Crippen LogP contribution in [0.2, 0.25) is 5.04 Å². The van der Waals surface area contributed by atoms with Crippen LogP contribution < -0.4 is 0 Å². The van der Waals surface area contributed by atoms with Crippen molar-refractivity contribution in [3.05, 3.63) is 101 Å². The molecule has 0 saturated carbocycles. The lowest BCUT2D eigenvalue weighted by molar-refractivity contribution is 0.155. The van der Waals surface area contributed by atoms with Gasteiger partial charge in [-0.1, -0.05) is 81.4 Å². The average molecular weight is 384 g/mol. The van der Waals surface area contributed by atoms with Gasteiger partial charge in [-0.25, -0.2) is 0 Å². The van der Waals surface area contributed by atoms with Crippen molar-refractivity contribution in [2.45, 2.75) is 31.4 Å². The summed E-state index contributed by atoms with van der Waals surface area (Å²) >= 11 is 0. The molecule has 140 valence electrons. The van der Waals surface area contributed by atoms with E-state index in [2.05, 4.69) is 25.8 Å². The molecule has 0 amide bonds. The Morgan fingerprint density at radius 1 is 0.741 bits per heavy atom. The van der Waals surface area contributed by atoms with Crippen LogP contribution in [0.5, 0.6) is 0 Å². The highest BCUT2D eigenvalue weighted by Crippen LogP contribution is 2.42. The second-order valence-electron chi connectivity index (χ2n) is 7.76. The molecule has 2 aromatic carbocycles. The van der Waals surface area contributed by atoms with E-state index in [9.17, 15) is 8.78 Å². The Bertz CT molecular complexity index is 835. The summed E-state index contributed by atoms with van der Waals surface area (Å²) in [4.78, 5) is 3.27. The molecule has 0 atom stereocenters. The molecule has 0 saturated heterocycles. The van der Waals surface area contributed by atoms with Gasteiger partial charge >= 0.3 is 0 Å². The molecule has 0 unspecified atom stereocenters. The van der Waals surface area contributed by atoms with Gasteiger partial charge in [-0.3, -0.25) is 0 Å². The van der Waals surface area contributed by atoms with Crippen LogP contribution in [0.15, 0.2) is 72.8 Å². The van der Waals surface area contributed by atoms with E-state index >= 15 is 0 Å². The molecular formula is C22H23F2NOSi. The molecule has 1 aromatic heterocycles. The predicted octanol–water partition coefficient (Wildman–Crippen LogP) is 4.97. The molecular weight excluding hydrogens is 360 g/mol. The monoisotopic (exact) mass is 383 g/mol. The molecule has 0 radical (unpaired) electrons. The van der Waals surface area contributed by atoms with Crippen molar-refractivity contribution in [2.75, 3.05) is 0 Å². The second-order valence-corrected chi connectivity index (χ2v) is 10.5. The van der Waals surface area contributed by atoms with Crippen LogP contribution in [0, 0.1) is 11.9 Å². The number of hydrogen-bond acceptors (Lipinski definition) is 2. The van der Waals surface area contributed by atoms with Gasteiger partial charge in [0.1, 0.15) is 5.60 Å². The minimum absolute atomic E-state index is 0.00106.